The summed E-state index contributed by atoms with van der Waals surface area (Å²) in [5, 5.41) is 2.62. The van der Waals surface area contributed by atoms with Crippen molar-refractivity contribution in [3.8, 4) is 5.75 Å². The Labute approximate surface area is 183 Å². The van der Waals surface area contributed by atoms with Gasteiger partial charge >= 0.3 is 6.09 Å². The highest BCUT2D eigenvalue weighted by atomic mass is 32.2. The monoisotopic (exact) mass is 447 g/mol. The largest absolute Gasteiger partial charge is 0.495 e. The zero-order valence-electron chi connectivity index (χ0n) is 18.1. The molecule has 1 aliphatic heterocycles. The molecule has 1 heterocycles. The van der Waals surface area contributed by atoms with Crippen LogP contribution in [0.15, 0.2) is 47.4 Å². The summed E-state index contributed by atoms with van der Waals surface area (Å²) in [6.45, 7) is 5.71. The number of nitrogens with zero attached hydrogens (tertiary/aromatic N) is 1. The molecule has 3 rings (SSSR count). The Bertz CT molecular complexity index is 1020. The first-order valence-electron chi connectivity index (χ1n) is 10.3. The Morgan fingerprint density at radius 3 is 2.52 bits per heavy atom. The smallest absolute Gasteiger partial charge is 0.411 e. The van der Waals surface area contributed by atoms with E-state index < -0.39 is 16.1 Å². The van der Waals surface area contributed by atoms with E-state index >= 15 is 0 Å². The highest BCUT2D eigenvalue weighted by Crippen LogP contribution is 2.34. The van der Waals surface area contributed by atoms with Gasteiger partial charge in [-0.25, -0.2) is 13.2 Å². The van der Waals surface area contributed by atoms with E-state index in [9.17, 15) is 13.2 Å². The van der Waals surface area contributed by atoms with Gasteiger partial charge in [-0.15, -0.1) is 0 Å². The van der Waals surface area contributed by atoms with Crippen LogP contribution < -0.4 is 19.7 Å². The topological polar surface area (TPSA) is 97.0 Å². The molecule has 0 saturated carbocycles. The van der Waals surface area contributed by atoms with E-state index in [0.717, 1.165) is 25.9 Å². The van der Waals surface area contributed by atoms with E-state index in [1.165, 1.54) is 13.2 Å². The van der Waals surface area contributed by atoms with Crippen molar-refractivity contribution in [1.29, 1.82) is 0 Å². The number of ether oxygens (including phenoxy) is 2. The van der Waals surface area contributed by atoms with Crippen molar-refractivity contribution in [3.63, 3.8) is 0 Å². The zero-order valence-corrected chi connectivity index (χ0v) is 18.9. The molecule has 8 nitrogen and oxygen atoms in total. The number of amides is 1. The lowest BCUT2D eigenvalue weighted by molar-refractivity contribution is 0.147. The van der Waals surface area contributed by atoms with Crippen molar-refractivity contribution in [3.05, 3.63) is 42.5 Å². The van der Waals surface area contributed by atoms with Crippen molar-refractivity contribution in [2.24, 2.45) is 5.92 Å². The average Bonchev–Trinajstić information content (AvgIpc) is 3.27. The summed E-state index contributed by atoms with van der Waals surface area (Å²) >= 11 is 0. The summed E-state index contributed by atoms with van der Waals surface area (Å²) in [4.78, 5) is 14.2. The number of benzene rings is 2. The van der Waals surface area contributed by atoms with Crippen LogP contribution >= 0.6 is 0 Å². The van der Waals surface area contributed by atoms with Gasteiger partial charge in [-0.3, -0.25) is 10.0 Å². The summed E-state index contributed by atoms with van der Waals surface area (Å²) in [5.74, 6) is 0.615. The molecule has 2 N–H and O–H groups in total. The molecule has 0 atom stereocenters. The molecule has 2 aromatic carbocycles. The molecule has 9 heteroatoms. The van der Waals surface area contributed by atoms with Gasteiger partial charge in [0, 0.05) is 18.8 Å². The van der Waals surface area contributed by atoms with Gasteiger partial charge in [0.25, 0.3) is 10.0 Å². The van der Waals surface area contributed by atoms with E-state index in [-0.39, 0.29) is 17.4 Å². The van der Waals surface area contributed by atoms with E-state index in [1.54, 1.807) is 36.4 Å². The first-order valence-corrected chi connectivity index (χ1v) is 11.8. The summed E-state index contributed by atoms with van der Waals surface area (Å²) < 4.78 is 39.8. The van der Waals surface area contributed by atoms with Crippen molar-refractivity contribution in [1.82, 2.24) is 0 Å². The minimum absolute atomic E-state index is 0.0852. The number of sulfonamides is 1. The molecule has 0 spiro atoms. The molecular formula is C22H29N3O5S. The van der Waals surface area contributed by atoms with E-state index in [2.05, 4.69) is 10.0 Å². The molecule has 0 aromatic heterocycles. The second-order valence-electron chi connectivity index (χ2n) is 7.80. The second-order valence-corrected chi connectivity index (χ2v) is 9.45. The molecule has 1 fully saturated rings. The van der Waals surface area contributed by atoms with Crippen LogP contribution in [0.2, 0.25) is 0 Å². The van der Waals surface area contributed by atoms with Gasteiger partial charge in [0.2, 0.25) is 0 Å². The average molecular weight is 448 g/mol. The fraction of sp³-hybridized carbons (Fsp3) is 0.409. The van der Waals surface area contributed by atoms with Gasteiger partial charge in [0.1, 0.15) is 10.6 Å². The number of hydrogen-bond acceptors (Lipinski definition) is 6. The molecular weight excluding hydrogens is 418 g/mol. The van der Waals surface area contributed by atoms with E-state index in [0.29, 0.717) is 22.8 Å². The highest BCUT2D eigenvalue weighted by molar-refractivity contribution is 7.93. The van der Waals surface area contributed by atoms with Crippen molar-refractivity contribution >= 4 is 33.2 Å². The standard InChI is InChI=1S/C22H29N3O5S/c1-16(2)15-30-22(26)23-17-10-11-19(25-12-6-7-13-25)21(14-17)31(27,28)24-18-8-4-5-9-20(18)29-3/h4-5,8-11,14,16,24H,6-7,12-13,15H2,1-3H3,(H,23,26). The number of carbonyl (C=O) groups excluding carboxylic acids is 1. The molecule has 0 bridgehead atoms. The van der Waals surface area contributed by atoms with Crippen molar-refractivity contribution < 1.29 is 22.7 Å². The molecule has 31 heavy (non-hydrogen) atoms. The third-order valence-electron chi connectivity index (χ3n) is 4.84. The van der Waals surface area contributed by atoms with Gasteiger partial charge in [-0.2, -0.15) is 0 Å². The lowest BCUT2D eigenvalue weighted by atomic mass is 10.2. The first kappa shape index (κ1) is 22.7. The Morgan fingerprint density at radius 1 is 1.13 bits per heavy atom. The van der Waals surface area contributed by atoms with Crippen LogP contribution in [0.25, 0.3) is 0 Å². The first-order chi connectivity index (χ1) is 14.8. The van der Waals surface area contributed by atoms with Crippen LogP contribution in [0.5, 0.6) is 5.75 Å². The maximum Gasteiger partial charge on any atom is 0.411 e. The highest BCUT2D eigenvalue weighted by Gasteiger charge is 2.25. The second kappa shape index (κ2) is 9.91. The Kier molecular flexibility index (Phi) is 7.27. The third kappa shape index (κ3) is 5.81. The molecule has 0 radical (unpaired) electrons. The minimum atomic E-state index is -3.96. The van der Waals surface area contributed by atoms with Gasteiger partial charge in [0.05, 0.1) is 25.1 Å². The molecule has 0 aliphatic carbocycles. The van der Waals surface area contributed by atoms with Crippen molar-refractivity contribution in [2.45, 2.75) is 31.6 Å². The summed E-state index contributed by atoms with van der Waals surface area (Å²) in [6.07, 6.45) is 1.38. The predicted octanol–water partition coefficient (Wildman–Crippen LogP) is 4.30. The van der Waals surface area contributed by atoms with Gasteiger partial charge in [-0.1, -0.05) is 26.0 Å². The Balaban J connectivity index is 1.93. The third-order valence-corrected chi connectivity index (χ3v) is 6.24. The van der Waals surface area contributed by atoms with Crippen LogP contribution in [0.3, 0.4) is 0 Å². The number of anilines is 3. The lowest BCUT2D eigenvalue weighted by Crippen LogP contribution is -2.23. The Morgan fingerprint density at radius 2 is 1.84 bits per heavy atom. The predicted molar refractivity (Wildman–Crippen MR) is 122 cm³/mol. The van der Waals surface area contributed by atoms with Crippen LogP contribution in [0.4, 0.5) is 21.9 Å². The SMILES string of the molecule is COc1ccccc1NS(=O)(=O)c1cc(NC(=O)OCC(C)C)ccc1N1CCCC1. The minimum Gasteiger partial charge on any atom is -0.495 e. The maximum atomic E-state index is 13.4. The number of methoxy groups -OCH3 is 1. The van der Waals surface area contributed by atoms with Gasteiger partial charge < -0.3 is 14.4 Å². The Hall–Kier alpha value is -2.94. The summed E-state index contributed by atoms with van der Waals surface area (Å²) in [7, 11) is -2.48. The van der Waals surface area contributed by atoms with E-state index in [1.807, 2.05) is 18.7 Å². The fourth-order valence-corrected chi connectivity index (χ4v) is 4.67. The lowest BCUT2D eigenvalue weighted by Gasteiger charge is -2.23. The molecule has 1 saturated heterocycles. The zero-order chi connectivity index (χ0) is 22.4. The van der Waals surface area contributed by atoms with Crippen LogP contribution in [0, 0.1) is 5.92 Å². The maximum absolute atomic E-state index is 13.4. The molecule has 2 aromatic rings. The van der Waals surface area contributed by atoms with Crippen LogP contribution in [0.1, 0.15) is 26.7 Å². The van der Waals surface area contributed by atoms with E-state index in [4.69, 9.17) is 9.47 Å². The molecule has 1 amide bonds. The summed E-state index contributed by atoms with van der Waals surface area (Å²) in [6, 6.07) is 11.7. The van der Waals surface area contributed by atoms with Crippen LogP contribution in [-0.2, 0) is 14.8 Å². The molecule has 0 unspecified atom stereocenters. The number of carbonyl (C=O) groups is 1. The fourth-order valence-electron chi connectivity index (χ4n) is 3.35. The molecule has 1 aliphatic rings. The van der Waals surface area contributed by atoms with Gasteiger partial charge in [0.15, 0.2) is 0 Å². The number of rotatable bonds is 8. The molecule has 168 valence electrons. The van der Waals surface area contributed by atoms with Gasteiger partial charge in [-0.05, 0) is 49.1 Å². The van der Waals surface area contributed by atoms with Crippen LogP contribution in [-0.4, -0.2) is 41.3 Å². The number of hydrogen-bond donors (Lipinski definition) is 2. The quantitative estimate of drug-likeness (QED) is 0.626. The van der Waals surface area contributed by atoms with Crippen molar-refractivity contribution in [2.75, 3.05) is 41.7 Å². The normalized spacial score (nSPS) is 13.9. The number of nitrogens with one attached hydrogen (secondary N) is 2. The number of para-hydroxylation sites is 2. The summed E-state index contributed by atoms with van der Waals surface area (Å²) in [5.41, 5.74) is 1.28.